The number of nitrogens with zero attached hydrogens (tertiary/aromatic N) is 1. The minimum Gasteiger partial charge on any atom is -0.357 e. The first-order valence-corrected chi connectivity index (χ1v) is 10.2. The maximum Gasteiger partial charge on any atom is 0.225 e. The van der Waals surface area contributed by atoms with Gasteiger partial charge in [0.25, 0.3) is 0 Å². The monoisotopic (exact) mass is 546 g/mol. The second-order valence-electron chi connectivity index (χ2n) is 6.63. The quantitative estimate of drug-likeness (QED) is 0.276. The van der Waals surface area contributed by atoms with E-state index in [2.05, 4.69) is 22.0 Å². The molecule has 0 spiro atoms. The summed E-state index contributed by atoms with van der Waals surface area (Å²) in [5.74, 6) is 0.817. The van der Waals surface area contributed by atoms with E-state index in [-0.39, 0.29) is 35.8 Å². The normalized spacial score (nSPS) is 15.8. The molecule has 1 heterocycles. The summed E-state index contributed by atoms with van der Waals surface area (Å²) in [5.41, 5.74) is 2.93. The van der Waals surface area contributed by atoms with Crippen molar-refractivity contribution in [3.05, 3.63) is 63.6 Å². The number of anilines is 1. The van der Waals surface area contributed by atoms with Crippen LogP contribution < -0.4 is 16.0 Å². The standard InChI is InChI=1S/C21H24Cl2N4O.HI/c1-2-24-21(25-11-10-16-17(22)7-5-8-18(16)23)26-13-14-12-20(28)27-19-9-4-3-6-15(14)19;/h3-9,14H,2,10-13H2,1H3,(H,27,28)(H2,24,25,26);1H. The Morgan fingerprint density at radius 1 is 1.14 bits per heavy atom. The van der Waals surface area contributed by atoms with Crippen molar-refractivity contribution in [2.75, 3.05) is 25.0 Å². The zero-order chi connectivity index (χ0) is 19.9. The third-order valence-electron chi connectivity index (χ3n) is 4.65. The van der Waals surface area contributed by atoms with Crippen molar-refractivity contribution in [3.63, 3.8) is 0 Å². The highest BCUT2D eigenvalue weighted by atomic mass is 127. The number of hydrogen-bond acceptors (Lipinski definition) is 2. The molecule has 0 fully saturated rings. The van der Waals surface area contributed by atoms with Gasteiger partial charge in [0.2, 0.25) is 5.91 Å². The summed E-state index contributed by atoms with van der Waals surface area (Å²) in [6.07, 6.45) is 1.13. The molecule has 2 aromatic rings. The van der Waals surface area contributed by atoms with E-state index in [9.17, 15) is 4.79 Å². The Morgan fingerprint density at radius 3 is 2.59 bits per heavy atom. The van der Waals surface area contributed by atoms with Crippen molar-refractivity contribution in [1.82, 2.24) is 10.6 Å². The van der Waals surface area contributed by atoms with Crippen LogP contribution in [0.3, 0.4) is 0 Å². The van der Waals surface area contributed by atoms with Gasteiger partial charge in [0.1, 0.15) is 0 Å². The van der Waals surface area contributed by atoms with Crippen molar-refractivity contribution in [2.45, 2.75) is 25.7 Å². The molecule has 0 aliphatic carbocycles. The number of para-hydroxylation sites is 1. The van der Waals surface area contributed by atoms with Crippen LogP contribution in [0.5, 0.6) is 0 Å². The van der Waals surface area contributed by atoms with Gasteiger partial charge in [0, 0.05) is 41.2 Å². The molecule has 3 N–H and O–H groups in total. The number of fused-ring (bicyclic) bond motifs is 1. The predicted molar refractivity (Wildman–Crippen MR) is 132 cm³/mol. The molecule has 0 saturated heterocycles. The van der Waals surface area contributed by atoms with Crippen molar-refractivity contribution in [1.29, 1.82) is 0 Å². The summed E-state index contributed by atoms with van der Waals surface area (Å²) in [5, 5.41) is 10.8. The molecule has 29 heavy (non-hydrogen) atoms. The van der Waals surface area contributed by atoms with Crippen LogP contribution in [0.1, 0.15) is 30.4 Å². The average Bonchev–Trinajstić information content (AvgIpc) is 2.68. The van der Waals surface area contributed by atoms with Crippen LogP contribution in [0.15, 0.2) is 47.5 Å². The van der Waals surface area contributed by atoms with Gasteiger partial charge in [-0.25, -0.2) is 0 Å². The van der Waals surface area contributed by atoms with Crippen LogP contribution in [0.25, 0.3) is 0 Å². The lowest BCUT2D eigenvalue weighted by atomic mass is 9.91. The number of aliphatic imine (C=N–C) groups is 1. The van der Waals surface area contributed by atoms with Gasteiger partial charge in [-0.05, 0) is 42.7 Å². The molecule has 5 nitrogen and oxygen atoms in total. The Morgan fingerprint density at radius 2 is 1.86 bits per heavy atom. The summed E-state index contributed by atoms with van der Waals surface area (Å²) >= 11 is 12.5. The third-order valence-corrected chi connectivity index (χ3v) is 5.36. The van der Waals surface area contributed by atoms with Gasteiger partial charge < -0.3 is 16.0 Å². The van der Waals surface area contributed by atoms with Gasteiger partial charge in [0.15, 0.2) is 5.96 Å². The molecule has 0 radical (unpaired) electrons. The van der Waals surface area contributed by atoms with E-state index in [1.165, 1.54) is 0 Å². The number of carbonyl (C=O) groups is 1. The van der Waals surface area contributed by atoms with Crippen LogP contribution in [0, 0.1) is 0 Å². The number of carbonyl (C=O) groups excluding carboxylic acids is 1. The number of nitrogens with one attached hydrogen (secondary N) is 3. The molecule has 156 valence electrons. The van der Waals surface area contributed by atoms with Crippen LogP contribution in [0.4, 0.5) is 5.69 Å². The lowest BCUT2D eigenvalue weighted by Gasteiger charge is -2.24. The number of hydrogen-bond donors (Lipinski definition) is 3. The highest BCUT2D eigenvalue weighted by Crippen LogP contribution is 2.32. The number of guanidine groups is 1. The maximum atomic E-state index is 12.0. The largest absolute Gasteiger partial charge is 0.357 e. The van der Waals surface area contributed by atoms with E-state index >= 15 is 0 Å². The minimum absolute atomic E-state index is 0. The molecule has 0 saturated carbocycles. The second-order valence-corrected chi connectivity index (χ2v) is 7.45. The van der Waals surface area contributed by atoms with Crippen LogP contribution in [-0.2, 0) is 11.2 Å². The molecule has 2 aromatic carbocycles. The van der Waals surface area contributed by atoms with Crippen LogP contribution in [-0.4, -0.2) is 31.5 Å². The van der Waals surface area contributed by atoms with E-state index in [1.54, 1.807) is 0 Å². The van der Waals surface area contributed by atoms with Crippen molar-refractivity contribution < 1.29 is 4.79 Å². The number of rotatable bonds is 6. The molecular weight excluding hydrogens is 522 g/mol. The van der Waals surface area contributed by atoms with Gasteiger partial charge in [-0.1, -0.05) is 47.5 Å². The fraction of sp³-hybridized carbons (Fsp3) is 0.333. The van der Waals surface area contributed by atoms with Crippen LogP contribution in [0.2, 0.25) is 10.0 Å². The highest BCUT2D eigenvalue weighted by molar-refractivity contribution is 14.0. The second kappa shape index (κ2) is 11.6. The van der Waals surface area contributed by atoms with E-state index in [0.29, 0.717) is 41.9 Å². The third kappa shape index (κ3) is 6.49. The zero-order valence-electron chi connectivity index (χ0n) is 16.2. The number of benzene rings is 2. The topological polar surface area (TPSA) is 65.5 Å². The first-order chi connectivity index (χ1) is 13.6. The minimum atomic E-state index is 0. The SMILES string of the molecule is CCNC(=NCC1CC(=O)Nc2ccccc21)NCCc1c(Cl)cccc1Cl.I. The molecular formula is C21H25Cl2IN4O. The van der Waals surface area contributed by atoms with Gasteiger partial charge in [-0.2, -0.15) is 0 Å². The van der Waals surface area contributed by atoms with Crippen molar-refractivity contribution in [3.8, 4) is 0 Å². The first kappa shape index (κ1) is 23.8. The summed E-state index contributed by atoms with van der Waals surface area (Å²) in [4.78, 5) is 16.7. The van der Waals surface area contributed by atoms with E-state index in [1.807, 2.05) is 43.3 Å². The summed E-state index contributed by atoms with van der Waals surface area (Å²) < 4.78 is 0. The molecule has 8 heteroatoms. The Hall–Kier alpha value is -1.51. The average molecular weight is 547 g/mol. The van der Waals surface area contributed by atoms with Gasteiger partial charge in [-0.3, -0.25) is 9.79 Å². The lowest BCUT2D eigenvalue weighted by Crippen LogP contribution is -2.39. The molecule has 1 atom stereocenters. The lowest BCUT2D eigenvalue weighted by molar-refractivity contribution is -0.116. The fourth-order valence-corrected chi connectivity index (χ4v) is 3.87. The Labute approximate surface area is 198 Å². The number of amides is 1. The van der Waals surface area contributed by atoms with E-state index in [4.69, 9.17) is 28.2 Å². The van der Waals surface area contributed by atoms with Crippen molar-refractivity contribution >= 4 is 64.7 Å². The summed E-state index contributed by atoms with van der Waals surface area (Å²) in [6, 6.07) is 13.4. The molecule has 0 bridgehead atoms. The van der Waals surface area contributed by atoms with Crippen molar-refractivity contribution in [2.24, 2.45) is 4.99 Å². The predicted octanol–water partition coefficient (Wildman–Crippen LogP) is 4.84. The first-order valence-electron chi connectivity index (χ1n) is 9.42. The fourth-order valence-electron chi connectivity index (χ4n) is 3.29. The van der Waals surface area contributed by atoms with Gasteiger partial charge in [0.05, 0.1) is 6.54 Å². The molecule has 3 rings (SSSR count). The van der Waals surface area contributed by atoms with E-state index < -0.39 is 0 Å². The highest BCUT2D eigenvalue weighted by Gasteiger charge is 2.24. The van der Waals surface area contributed by atoms with Gasteiger partial charge in [-0.15, -0.1) is 24.0 Å². The molecule has 1 aliphatic heterocycles. The Bertz CT molecular complexity index is 855. The van der Waals surface area contributed by atoms with E-state index in [0.717, 1.165) is 23.4 Å². The molecule has 1 amide bonds. The summed E-state index contributed by atoms with van der Waals surface area (Å²) in [6.45, 7) is 3.95. The molecule has 0 aromatic heterocycles. The molecule has 1 unspecified atom stereocenters. The zero-order valence-corrected chi connectivity index (χ0v) is 20.0. The number of halogens is 3. The molecule has 1 aliphatic rings. The maximum absolute atomic E-state index is 12.0. The Kier molecular flexibility index (Phi) is 9.52. The Balaban J connectivity index is 0.00000300. The summed E-state index contributed by atoms with van der Waals surface area (Å²) in [7, 11) is 0. The van der Waals surface area contributed by atoms with Gasteiger partial charge >= 0.3 is 0 Å². The van der Waals surface area contributed by atoms with Crippen LogP contribution >= 0.6 is 47.2 Å². The smallest absolute Gasteiger partial charge is 0.225 e.